The van der Waals surface area contributed by atoms with E-state index in [1.54, 1.807) is 17.9 Å². The van der Waals surface area contributed by atoms with Crippen LogP contribution in [0.4, 0.5) is 5.82 Å². The summed E-state index contributed by atoms with van der Waals surface area (Å²) in [5.74, 6) is 2.37. The minimum absolute atomic E-state index is 0.0889. The second kappa shape index (κ2) is 7.56. The average molecular weight is 352 g/mol. The van der Waals surface area contributed by atoms with Crippen molar-refractivity contribution in [2.45, 2.75) is 39.5 Å². The second-order valence-electron chi connectivity index (χ2n) is 6.74. The third-order valence-electron chi connectivity index (χ3n) is 4.25. The molecular weight excluding hydrogens is 328 g/mol. The van der Waals surface area contributed by atoms with Crippen LogP contribution in [0, 0.1) is 6.92 Å². The van der Waals surface area contributed by atoms with E-state index in [9.17, 15) is 4.79 Å². The standard InChI is InChI=1S/C20H24N4O2/c1-13(2)15-5-7-16(8-6-15)17-12-21-20(26-17)10-9-19(25)22-18-11-14(3)23-24(18)4/h5-8,11-13H,9-10H2,1-4H3,(H,22,25). The Morgan fingerprint density at radius 2 is 2.00 bits per heavy atom. The van der Waals surface area contributed by atoms with E-state index in [2.05, 4.69) is 41.4 Å². The van der Waals surface area contributed by atoms with Gasteiger partial charge in [0.15, 0.2) is 11.7 Å². The third-order valence-corrected chi connectivity index (χ3v) is 4.25. The lowest BCUT2D eigenvalue weighted by atomic mass is 10.0. The van der Waals surface area contributed by atoms with Crippen molar-refractivity contribution in [1.29, 1.82) is 0 Å². The summed E-state index contributed by atoms with van der Waals surface area (Å²) in [7, 11) is 1.80. The monoisotopic (exact) mass is 352 g/mol. The number of benzene rings is 1. The van der Waals surface area contributed by atoms with Crippen LogP contribution in [-0.4, -0.2) is 20.7 Å². The first-order chi connectivity index (χ1) is 12.4. The number of carbonyl (C=O) groups excluding carboxylic acids is 1. The lowest BCUT2D eigenvalue weighted by Crippen LogP contribution is -2.14. The lowest BCUT2D eigenvalue weighted by molar-refractivity contribution is -0.116. The van der Waals surface area contributed by atoms with E-state index in [-0.39, 0.29) is 5.91 Å². The topological polar surface area (TPSA) is 73.0 Å². The number of nitrogens with one attached hydrogen (secondary N) is 1. The van der Waals surface area contributed by atoms with Gasteiger partial charge in [0.1, 0.15) is 5.82 Å². The van der Waals surface area contributed by atoms with E-state index < -0.39 is 0 Å². The molecule has 0 saturated carbocycles. The molecule has 1 amide bonds. The van der Waals surface area contributed by atoms with Crippen molar-refractivity contribution in [1.82, 2.24) is 14.8 Å². The van der Waals surface area contributed by atoms with E-state index in [1.807, 2.05) is 25.1 Å². The van der Waals surface area contributed by atoms with Gasteiger partial charge in [-0.3, -0.25) is 9.48 Å². The molecule has 0 aliphatic carbocycles. The fourth-order valence-electron chi connectivity index (χ4n) is 2.74. The quantitative estimate of drug-likeness (QED) is 0.725. The zero-order chi connectivity index (χ0) is 18.7. The van der Waals surface area contributed by atoms with Crippen LogP contribution in [0.2, 0.25) is 0 Å². The molecule has 6 nitrogen and oxygen atoms in total. The van der Waals surface area contributed by atoms with E-state index in [0.29, 0.717) is 30.5 Å². The number of hydrogen-bond acceptors (Lipinski definition) is 4. The lowest BCUT2D eigenvalue weighted by Gasteiger charge is -2.05. The van der Waals surface area contributed by atoms with Crippen LogP contribution >= 0.6 is 0 Å². The summed E-state index contributed by atoms with van der Waals surface area (Å²) in [5, 5.41) is 7.06. The second-order valence-corrected chi connectivity index (χ2v) is 6.74. The Labute approximate surface area is 153 Å². The fourth-order valence-corrected chi connectivity index (χ4v) is 2.74. The molecule has 136 valence electrons. The van der Waals surface area contributed by atoms with Gasteiger partial charge < -0.3 is 9.73 Å². The molecule has 1 aromatic carbocycles. The summed E-state index contributed by atoms with van der Waals surface area (Å²) in [4.78, 5) is 16.4. The van der Waals surface area contributed by atoms with Gasteiger partial charge in [-0.15, -0.1) is 0 Å². The van der Waals surface area contributed by atoms with E-state index in [4.69, 9.17) is 4.42 Å². The third kappa shape index (κ3) is 4.20. The van der Waals surface area contributed by atoms with Crippen LogP contribution in [0.5, 0.6) is 0 Å². The number of aryl methyl sites for hydroxylation is 3. The number of hydrogen-bond donors (Lipinski definition) is 1. The highest BCUT2D eigenvalue weighted by Crippen LogP contribution is 2.23. The SMILES string of the molecule is Cc1cc(NC(=O)CCc2ncc(-c3ccc(C(C)C)cc3)o2)n(C)n1. The predicted molar refractivity (Wildman–Crippen MR) is 101 cm³/mol. The predicted octanol–water partition coefficient (Wildman–Crippen LogP) is 4.08. The molecule has 0 aliphatic rings. The number of aromatic nitrogens is 3. The van der Waals surface area contributed by atoms with Gasteiger partial charge in [-0.1, -0.05) is 38.1 Å². The van der Waals surface area contributed by atoms with Crippen molar-refractivity contribution in [3.8, 4) is 11.3 Å². The summed E-state index contributed by atoms with van der Waals surface area (Å²) in [6, 6.07) is 10.1. The average Bonchev–Trinajstić information content (AvgIpc) is 3.20. The maximum absolute atomic E-state index is 12.1. The molecule has 3 rings (SSSR count). The Hall–Kier alpha value is -2.89. The molecule has 6 heteroatoms. The van der Waals surface area contributed by atoms with Crippen molar-refractivity contribution in [2.24, 2.45) is 7.05 Å². The van der Waals surface area contributed by atoms with Crippen LogP contribution in [0.25, 0.3) is 11.3 Å². The molecule has 0 aliphatic heterocycles. The first kappa shape index (κ1) is 17.9. The van der Waals surface area contributed by atoms with Crippen molar-refractivity contribution in [2.75, 3.05) is 5.32 Å². The Bertz CT molecular complexity index is 891. The zero-order valence-corrected chi connectivity index (χ0v) is 15.6. The summed E-state index contributed by atoms with van der Waals surface area (Å²) in [5.41, 5.74) is 3.14. The molecular formula is C20H24N4O2. The maximum atomic E-state index is 12.1. The van der Waals surface area contributed by atoms with E-state index in [0.717, 1.165) is 17.0 Å². The van der Waals surface area contributed by atoms with Crippen LogP contribution in [0.1, 0.15) is 43.3 Å². The molecule has 0 unspecified atom stereocenters. The number of amides is 1. The van der Waals surface area contributed by atoms with Gasteiger partial charge in [0.2, 0.25) is 5.91 Å². The Morgan fingerprint density at radius 3 is 2.62 bits per heavy atom. The fraction of sp³-hybridized carbons (Fsp3) is 0.350. The summed E-state index contributed by atoms with van der Waals surface area (Å²) >= 11 is 0. The largest absolute Gasteiger partial charge is 0.441 e. The molecule has 3 aromatic rings. The molecule has 2 heterocycles. The molecule has 0 saturated heterocycles. The van der Waals surface area contributed by atoms with Crippen molar-refractivity contribution in [3.05, 3.63) is 53.7 Å². The van der Waals surface area contributed by atoms with Crippen molar-refractivity contribution < 1.29 is 9.21 Å². The van der Waals surface area contributed by atoms with Crippen molar-refractivity contribution in [3.63, 3.8) is 0 Å². The molecule has 0 bridgehead atoms. The zero-order valence-electron chi connectivity index (χ0n) is 15.6. The first-order valence-electron chi connectivity index (χ1n) is 8.78. The van der Waals surface area contributed by atoms with Crippen LogP contribution in [0.15, 0.2) is 40.9 Å². The highest BCUT2D eigenvalue weighted by atomic mass is 16.4. The molecule has 1 N–H and O–H groups in total. The first-order valence-corrected chi connectivity index (χ1v) is 8.78. The van der Waals surface area contributed by atoms with Gasteiger partial charge in [-0.05, 0) is 18.4 Å². The number of rotatable bonds is 6. The van der Waals surface area contributed by atoms with Crippen molar-refractivity contribution >= 4 is 11.7 Å². The van der Waals surface area contributed by atoms with Gasteiger partial charge in [-0.2, -0.15) is 5.10 Å². The van der Waals surface area contributed by atoms with Crippen LogP contribution < -0.4 is 5.32 Å². The normalized spacial score (nSPS) is 11.1. The Kier molecular flexibility index (Phi) is 5.21. The van der Waals surface area contributed by atoms with Gasteiger partial charge in [-0.25, -0.2) is 4.98 Å². The van der Waals surface area contributed by atoms with Gasteiger partial charge in [0.25, 0.3) is 0 Å². The van der Waals surface area contributed by atoms with Crippen LogP contribution in [-0.2, 0) is 18.3 Å². The van der Waals surface area contributed by atoms with Crippen LogP contribution in [0.3, 0.4) is 0 Å². The molecule has 0 atom stereocenters. The number of oxazole rings is 1. The number of carbonyl (C=O) groups is 1. The molecule has 0 spiro atoms. The molecule has 26 heavy (non-hydrogen) atoms. The van der Waals surface area contributed by atoms with E-state index in [1.165, 1.54) is 5.56 Å². The number of anilines is 1. The summed E-state index contributed by atoms with van der Waals surface area (Å²) in [6.07, 6.45) is 2.46. The summed E-state index contributed by atoms with van der Waals surface area (Å²) in [6.45, 7) is 6.22. The Balaban J connectivity index is 1.58. The number of nitrogens with zero attached hydrogens (tertiary/aromatic N) is 3. The van der Waals surface area contributed by atoms with Gasteiger partial charge in [0.05, 0.1) is 11.9 Å². The molecule has 0 fully saturated rings. The van der Waals surface area contributed by atoms with Gasteiger partial charge >= 0.3 is 0 Å². The highest BCUT2D eigenvalue weighted by molar-refractivity contribution is 5.89. The summed E-state index contributed by atoms with van der Waals surface area (Å²) < 4.78 is 7.44. The van der Waals surface area contributed by atoms with Gasteiger partial charge in [0, 0.05) is 31.5 Å². The minimum atomic E-state index is -0.0889. The molecule has 2 aromatic heterocycles. The minimum Gasteiger partial charge on any atom is -0.441 e. The highest BCUT2D eigenvalue weighted by Gasteiger charge is 2.11. The smallest absolute Gasteiger partial charge is 0.226 e. The Morgan fingerprint density at radius 1 is 1.27 bits per heavy atom. The maximum Gasteiger partial charge on any atom is 0.226 e. The van der Waals surface area contributed by atoms with E-state index >= 15 is 0 Å². The molecule has 0 radical (unpaired) electrons.